The molecule has 22 heavy (non-hydrogen) atoms. The quantitative estimate of drug-likeness (QED) is 0.809. The zero-order chi connectivity index (χ0) is 16.2. The summed E-state index contributed by atoms with van der Waals surface area (Å²) in [4.78, 5) is 0. The molecular weight excluding hydrogens is 288 g/mol. The van der Waals surface area contributed by atoms with Crippen molar-refractivity contribution in [3.05, 3.63) is 29.3 Å². The van der Waals surface area contributed by atoms with E-state index in [9.17, 15) is 8.78 Å². The molecule has 1 aliphatic carbocycles. The molecule has 2 rings (SSSR count). The molecule has 1 aromatic carbocycles. The van der Waals surface area contributed by atoms with E-state index in [0.29, 0.717) is 12.4 Å². The van der Waals surface area contributed by atoms with Gasteiger partial charge < -0.3 is 9.47 Å². The summed E-state index contributed by atoms with van der Waals surface area (Å²) >= 11 is 0. The van der Waals surface area contributed by atoms with Crippen molar-refractivity contribution in [2.24, 2.45) is 0 Å². The maximum Gasteiger partial charge on any atom is 0.271 e. The van der Waals surface area contributed by atoms with E-state index < -0.39 is 5.92 Å². The van der Waals surface area contributed by atoms with Crippen LogP contribution < -0.4 is 4.74 Å². The first-order valence-corrected chi connectivity index (χ1v) is 7.66. The highest BCUT2D eigenvalue weighted by Crippen LogP contribution is 2.34. The minimum atomic E-state index is -3.07. The average Bonchev–Trinajstić information content (AvgIpc) is 2.48. The Morgan fingerprint density at radius 1 is 1.27 bits per heavy atom. The summed E-state index contributed by atoms with van der Waals surface area (Å²) in [5.41, 5.74) is -0.318. The number of benzene rings is 1. The Balaban J connectivity index is 2.20. The SMILES string of the molecule is CCOC1CCCCC1Oc1ccc(C#N)c(C(C)(F)F)c1. The second-order valence-corrected chi connectivity index (χ2v) is 5.64. The maximum atomic E-state index is 13.6. The van der Waals surface area contributed by atoms with Crippen LogP contribution in [0.5, 0.6) is 5.75 Å². The molecule has 2 atom stereocenters. The molecule has 0 radical (unpaired) electrons. The molecule has 0 aliphatic heterocycles. The van der Waals surface area contributed by atoms with Crippen LogP contribution in [0.2, 0.25) is 0 Å². The fraction of sp³-hybridized carbons (Fsp3) is 0.588. The van der Waals surface area contributed by atoms with E-state index in [4.69, 9.17) is 14.7 Å². The predicted molar refractivity (Wildman–Crippen MR) is 79.0 cm³/mol. The molecule has 1 aromatic rings. The Morgan fingerprint density at radius 3 is 2.55 bits per heavy atom. The van der Waals surface area contributed by atoms with Gasteiger partial charge in [0.2, 0.25) is 0 Å². The number of hydrogen-bond acceptors (Lipinski definition) is 3. The highest BCUT2D eigenvalue weighted by atomic mass is 19.3. The molecule has 5 heteroatoms. The van der Waals surface area contributed by atoms with Crippen LogP contribution in [0.4, 0.5) is 8.78 Å². The molecule has 0 spiro atoms. The van der Waals surface area contributed by atoms with Gasteiger partial charge >= 0.3 is 0 Å². The largest absolute Gasteiger partial charge is 0.488 e. The number of nitrogens with zero attached hydrogens (tertiary/aromatic N) is 1. The Labute approximate surface area is 129 Å². The Kier molecular flexibility index (Phi) is 5.36. The van der Waals surface area contributed by atoms with Crippen molar-refractivity contribution in [1.29, 1.82) is 5.26 Å². The van der Waals surface area contributed by atoms with Crippen LogP contribution in [0.1, 0.15) is 50.7 Å². The van der Waals surface area contributed by atoms with Gasteiger partial charge in [0.25, 0.3) is 5.92 Å². The minimum absolute atomic E-state index is 0.0000185. The van der Waals surface area contributed by atoms with E-state index >= 15 is 0 Å². The van der Waals surface area contributed by atoms with Crippen LogP contribution in [-0.2, 0) is 10.7 Å². The summed E-state index contributed by atoms with van der Waals surface area (Å²) in [5, 5.41) is 8.96. The van der Waals surface area contributed by atoms with E-state index in [1.54, 1.807) is 12.1 Å². The lowest BCUT2D eigenvalue weighted by molar-refractivity contribution is -0.0429. The molecule has 0 bridgehead atoms. The molecular formula is C17H21F2NO2. The van der Waals surface area contributed by atoms with E-state index in [1.807, 2.05) is 6.92 Å². The van der Waals surface area contributed by atoms with Crippen LogP contribution >= 0.6 is 0 Å². The first-order chi connectivity index (χ1) is 10.5. The second-order valence-electron chi connectivity index (χ2n) is 5.64. The molecule has 1 fully saturated rings. The van der Waals surface area contributed by atoms with Gasteiger partial charge in [0, 0.05) is 19.1 Å². The van der Waals surface area contributed by atoms with Crippen molar-refractivity contribution >= 4 is 0 Å². The third-order valence-corrected chi connectivity index (χ3v) is 3.89. The third-order valence-electron chi connectivity index (χ3n) is 3.89. The molecule has 120 valence electrons. The molecule has 1 aliphatic rings. The summed E-state index contributed by atoms with van der Waals surface area (Å²) < 4.78 is 38.8. The molecule has 0 amide bonds. The van der Waals surface area contributed by atoms with Gasteiger partial charge in [-0.05, 0) is 44.4 Å². The molecule has 3 nitrogen and oxygen atoms in total. The number of ether oxygens (including phenoxy) is 2. The summed E-state index contributed by atoms with van der Waals surface area (Å²) in [7, 11) is 0. The zero-order valence-corrected chi connectivity index (χ0v) is 12.9. The molecule has 0 N–H and O–H groups in total. The maximum absolute atomic E-state index is 13.6. The first kappa shape index (κ1) is 16.7. The number of halogens is 2. The topological polar surface area (TPSA) is 42.2 Å². The van der Waals surface area contributed by atoms with Gasteiger partial charge in [-0.25, -0.2) is 8.78 Å². The smallest absolute Gasteiger partial charge is 0.271 e. The zero-order valence-electron chi connectivity index (χ0n) is 12.9. The van der Waals surface area contributed by atoms with Gasteiger partial charge in [-0.1, -0.05) is 6.42 Å². The van der Waals surface area contributed by atoms with Gasteiger partial charge in [-0.2, -0.15) is 5.26 Å². The molecule has 0 aromatic heterocycles. The van der Waals surface area contributed by atoms with Crippen LogP contribution in [0, 0.1) is 11.3 Å². The van der Waals surface area contributed by atoms with Crippen molar-refractivity contribution in [3.63, 3.8) is 0 Å². The van der Waals surface area contributed by atoms with E-state index in [0.717, 1.165) is 32.6 Å². The fourth-order valence-corrected chi connectivity index (χ4v) is 2.83. The average molecular weight is 309 g/mol. The lowest BCUT2D eigenvalue weighted by atomic mass is 9.94. The van der Waals surface area contributed by atoms with Crippen molar-refractivity contribution in [3.8, 4) is 11.8 Å². The van der Waals surface area contributed by atoms with Crippen LogP contribution in [0.15, 0.2) is 18.2 Å². The Bertz CT molecular complexity index is 547. The Hall–Kier alpha value is -1.67. The van der Waals surface area contributed by atoms with Gasteiger partial charge in [0.15, 0.2) is 0 Å². The number of hydrogen-bond donors (Lipinski definition) is 0. The number of nitriles is 1. The van der Waals surface area contributed by atoms with Crippen molar-refractivity contribution in [1.82, 2.24) is 0 Å². The summed E-state index contributed by atoms with van der Waals surface area (Å²) in [5.74, 6) is -2.71. The monoisotopic (exact) mass is 309 g/mol. The molecule has 1 saturated carbocycles. The number of rotatable bonds is 5. The lowest BCUT2D eigenvalue weighted by Crippen LogP contribution is -2.37. The van der Waals surface area contributed by atoms with E-state index in [1.165, 1.54) is 12.1 Å². The fourth-order valence-electron chi connectivity index (χ4n) is 2.83. The van der Waals surface area contributed by atoms with Gasteiger partial charge in [0.1, 0.15) is 11.9 Å². The third kappa shape index (κ3) is 3.95. The van der Waals surface area contributed by atoms with Crippen LogP contribution in [0.3, 0.4) is 0 Å². The Morgan fingerprint density at radius 2 is 1.95 bits per heavy atom. The molecule has 0 saturated heterocycles. The predicted octanol–water partition coefficient (Wildman–Crippen LogP) is 4.40. The minimum Gasteiger partial charge on any atom is -0.488 e. The molecule has 2 unspecified atom stereocenters. The number of alkyl halides is 2. The highest BCUT2D eigenvalue weighted by Gasteiger charge is 2.30. The van der Waals surface area contributed by atoms with E-state index in [-0.39, 0.29) is 23.3 Å². The first-order valence-electron chi connectivity index (χ1n) is 7.66. The normalized spacial score (nSPS) is 22.1. The van der Waals surface area contributed by atoms with Gasteiger partial charge in [-0.3, -0.25) is 0 Å². The second kappa shape index (κ2) is 7.06. The van der Waals surface area contributed by atoms with Crippen molar-refractivity contribution in [2.75, 3.05) is 6.61 Å². The molecule has 0 heterocycles. The van der Waals surface area contributed by atoms with Crippen LogP contribution in [0.25, 0.3) is 0 Å². The highest BCUT2D eigenvalue weighted by molar-refractivity contribution is 5.44. The standard InChI is InChI=1S/C17H21F2NO2/c1-3-21-15-6-4-5-7-16(15)22-13-9-8-12(11-20)14(10-13)17(2,18)19/h8-10,15-16H,3-7H2,1-2H3. The van der Waals surface area contributed by atoms with Crippen molar-refractivity contribution < 1.29 is 18.3 Å². The summed E-state index contributed by atoms with van der Waals surface area (Å²) in [6, 6.07) is 6.04. The van der Waals surface area contributed by atoms with Crippen LogP contribution in [-0.4, -0.2) is 18.8 Å². The van der Waals surface area contributed by atoms with Gasteiger partial charge in [0.05, 0.1) is 17.7 Å². The van der Waals surface area contributed by atoms with E-state index in [2.05, 4.69) is 0 Å². The van der Waals surface area contributed by atoms with Gasteiger partial charge in [-0.15, -0.1) is 0 Å². The van der Waals surface area contributed by atoms with Crippen molar-refractivity contribution in [2.45, 2.75) is 57.7 Å². The summed E-state index contributed by atoms with van der Waals surface area (Å²) in [6.45, 7) is 3.33. The lowest BCUT2D eigenvalue weighted by Gasteiger charge is -2.31. The summed E-state index contributed by atoms with van der Waals surface area (Å²) in [6.07, 6.45) is 3.78.